The van der Waals surface area contributed by atoms with E-state index < -0.39 is 0 Å². The highest BCUT2D eigenvalue weighted by Gasteiger charge is 2.24. The second kappa shape index (κ2) is 5.25. The van der Waals surface area contributed by atoms with E-state index in [2.05, 4.69) is 20.9 Å². The minimum absolute atomic E-state index is 0.0912. The topological polar surface area (TPSA) is 53.4 Å². The second-order valence-corrected chi connectivity index (χ2v) is 5.62. The fourth-order valence-electron chi connectivity index (χ4n) is 2.41. The molecule has 0 radical (unpaired) electrons. The first-order chi connectivity index (χ1) is 9.65. The van der Waals surface area contributed by atoms with Crippen LogP contribution in [0.4, 0.5) is 0 Å². The van der Waals surface area contributed by atoms with Gasteiger partial charge in [-0.2, -0.15) is 0 Å². The number of carbonyl (C=O) groups is 1. The highest BCUT2D eigenvalue weighted by Crippen LogP contribution is 2.25. The quantitative estimate of drug-likeness (QED) is 0.873. The van der Waals surface area contributed by atoms with Crippen LogP contribution < -0.4 is 0 Å². The lowest BCUT2D eigenvalue weighted by atomic mass is 9.99. The lowest BCUT2D eigenvalue weighted by molar-refractivity contribution is 0.0727. The molecule has 1 aromatic carbocycles. The predicted molar refractivity (Wildman–Crippen MR) is 78.5 cm³/mol. The summed E-state index contributed by atoms with van der Waals surface area (Å²) >= 11 is 3.36. The molecule has 3 rings (SSSR count). The molecule has 1 amide bonds. The third-order valence-electron chi connectivity index (χ3n) is 3.45. The zero-order valence-corrected chi connectivity index (χ0v) is 12.3. The number of halogens is 1. The van der Waals surface area contributed by atoms with E-state index in [4.69, 9.17) is 0 Å². The number of nitrogens with zero attached hydrogens (tertiary/aromatic N) is 2. The van der Waals surface area contributed by atoms with Crippen molar-refractivity contribution in [3.8, 4) is 5.75 Å². The third kappa shape index (κ3) is 2.41. The Labute approximate surface area is 125 Å². The number of phenols is 1. The van der Waals surface area contributed by atoms with E-state index >= 15 is 0 Å². The van der Waals surface area contributed by atoms with Crippen LogP contribution in [0.5, 0.6) is 5.75 Å². The van der Waals surface area contributed by atoms with Crippen LogP contribution in [0.15, 0.2) is 41.0 Å². The summed E-state index contributed by atoms with van der Waals surface area (Å²) in [5.74, 6) is 0.142. The highest BCUT2D eigenvalue weighted by atomic mass is 79.9. The van der Waals surface area contributed by atoms with Gasteiger partial charge in [-0.3, -0.25) is 4.79 Å². The molecule has 0 saturated heterocycles. The molecule has 0 unspecified atom stereocenters. The molecule has 4 nitrogen and oxygen atoms in total. The maximum absolute atomic E-state index is 12.5. The second-order valence-electron chi connectivity index (χ2n) is 4.76. The van der Waals surface area contributed by atoms with Crippen molar-refractivity contribution in [1.29, 1.82) is 0 Å². The number of benzene rings is 1. The first-order valence-electron chi connectivity index (χ1n) is 6.36. The molecule has 1 aliphatic heterocycles. The molecule has 0 bridgehead atoms. The number of aromatic nitrogens is 1. The van der Waals surface area contributed by atoms with Gasteiger partial charge in [0.25, 0.3) is 5.91 Å². The van der Waals surface area contributed by atoms with Crippen molar-refractivity contribution >= 4 is 21.8 Å². The molecule has 0 atom stereocenters. The summed E-state index contributed by atoms with van der Waals surface area (Å²) in [6.45, 7) is 1.17. The number of hydrogen-bond acceptors (Lipinski definition) is 3. The van der Waals surface area contributed by atoms with Crippen LogP contribution in [0.2, 0.25) is 0 Å². The Morgan fingerprint density at radius 1 is 1.30 bits per heavy atom. The van der Waals surface area contributed by atoms with Gasteiger partial charge in [0.1, 0.15) is 11.4 Å². The van der Waals surface area contributed by atoms with Crippen molar-refractivity contribution in [1.82, 2.24) is 9.88 Å². The average Bonchev–Trinajstić information content (AvgIpc) is 2.46. The van der Waals surface area contributed by atoms with Crippen molar-refractivity contribution in [3.05, 3.63) is 57.8 Å². The molecule has 2 heterocycles. The van der Waals surface area contributed by atoms with Crippen molar-refractivity contribution in [2.45, 2.75) is 13.0 Å². The van der Waals surface area contributed by atoms with Crippen LogP contribution in [0.3, 0.4) is 0 Å². The van der Waals surface area contributed by atoms with E-state index in [1.165, 1.54) is 5.56 Å². The van der Waals surface area contributed by atoms with E-state index in [0.717, 1.165) is 12.0 Å². The Hall–Kier alpha value is -1.88. The molecule has 0 fully saturated rings. The first-order valence-corrected chi connectivity index (χ1v) is 7.15. The Balaban J connectivity index is 1.87. The largest absolute Gasteiger partial charge is 0.508 e. The summed E-state index contributed by atoms with van der Waals surface area (Å²) in [6.07, 6.45) is 2.41. The lowest BCUT2D eigenvalue weighted by Gasteiger charge is -2.28. The van der Waals surface area contributed by atoms with Gasteiger partial charge in [-0.1, -0.05) is 6.07 Å². The van der Waals surface area contributed by atoms with Crippen molar-refractivity contribution in [3.63, 3.8) is 0 Å². The zero-order valence-electron chi connectivity index (χ0n) is 10.7. The smallest absolute Gasteiger partial charge is 0.273 e. The fraction of sp³-hybridized carbons (Fsp3) is 0.200. The van der Waals surface area contributed by atoms with E-state index in [1.807, 2.05) is 12.1 Å². The minimum atomic E-state index is -0.0912. The van der Waals surface area contributed by atoms with Gasteiger partial charge in [-0.15, -0.1) is 0 Å². The van der Waals surface area contributed by atoms with E-state index in [0.29, 0.717) is 23.3 Å². The lowest BCUT2D eigenvalue weighted by Crippen LogP contribution is -2.36. The molecular formula is C15H13BrN2O2. The van der Waals surface area contributed by atoms with Crippen molar-refractivity contribution < 1.29 is 9.90 Å². The summed E-state index contributed by atoms with van der Waals surface area (Å²) in [6, 6.07) is 8.92. The van der Waals surface area contributed by atoms with Gasteiger partial charge in [0.15, 0.2) is 0 Å². The third-order valence-corrected chi connectivity index (χ3v) is 4.09. The van der Waals surface area contributed by atoms with Crippen LogP contribution in [0, 0.1) is 0 Å². The number of pyridine rings is 1. The van der Waals surface area contributed by atoms with Crippen molar-refractivity contribution in [2.24, 2.45) is 0 Å². The average molecular weight is 333 g/mol. The number of amides is 1. The van der Waals surface area contributed by atoms with Gasteiger partial charge >= 0.3 is 0 Å². The molecule has 0 spiro atoms. The van der Waals surface area contributed by atoms with Gasteiger partial charge in [0.2, 0.25) is 0 Å². The minimum Gasteiger partial charge on any atom is -0.508 e. The maximum Gasteiger partial charge on any atom is 0.273 e. The first kappa shape index (κ1) is 13.1. The molecule has 1 aliphatic rings. The highest BCUT2D eigenvalue weighted by molar-refractivity contribution is 9.10. The SMILES string of the molecule is O=C(c1ncccc1Br)N1CCc2ccc(O)cc2C1. The van der Waals surface area contributed by atoms with Crippen LogP contribution >= 0.6 is 15.9 Å². The molecule has 0 aliphatic carbocycles. The molecular weight excluding hydrogens is 320 g/mol. The van der Waals surface area contributed by atoms with E-state index in [1.54, 1.807) is 29.3 Å². The normalized spacial score (nSPS) is 13.9. The number of fused-ring (bicyclic) bond motifs is 1. The fourth-order valence-corrected chi connectivity index (χ4v) is 2.83. The molecule has 20 heavy (non-hydrogen) atoms. The van der Waals surface area contributed by atoms with Crippen LogP contribution in [-0.4, -0.2) is 27.4 Å². The van der Waals surface area contributed by atoms with Crippen LogP contribution in [-0.2, 0) is 13.0 Å². The summed E-state index contributed by atoms with van der Waals surface area (Å²) < 4.78 is 0.701. The molecule has 1 N–H and O–H groups in total. The molecule has 1 aromatic heterocycles. The van der Waals surface area contributed by atoms with Crippen molar-refractivity contribution in [2.75, 3.05) is 6.54 Å². The number of phenolic OH excluding ortho intramolecular Hbond substituents is 1. The molecule has 102 valence electrons. The maximum atomic E-state index is 12.5. The summed E-state index contributed by atoms with van der Waals surface area (Å²) in [5, 5.41) is 9.55. The van der Waals surface area contributed by atoms with E-state index in [9.17, 15) is 9.90 Å². The Kier molecular flexibility index (Phi) is 3.44. The Morgan fingerprint density at radius 2 is 2.15 bits per heavy atom. The number of carbonyl (C=O) groups excluding carboxylic acids is 1. The number of aromatic hydroxyl groups is 1. The number of hydrogen-bond donors (Lipinski definition) is 1. The molecule has 2 aromatic rings. The summed E-state index contributed by atoms with van der Waals surface area (Å²) in [4.78, 5) is 18.4. The van der Waals surface area contributed by atoms with Gasteiger partial charge < -0.3 is 10.0 Å². The van der Waals surface area contributed by atoms with Gasteiger partial charge in [-0.05, 0) is 57.7 Å². The molecule has 0 saturated carbocycles. The standard InChI is InChI=1S/C15H13BrN2O2/c16-13-2-1-6-17-14(13)15(20)18-7-5-10-3-4-12(19)8-11(10)9-18/h1-4,6,8,19H,5,7,9H2. The van der Waals surface area contributed by atoms with Gasteiger partial charge in [0.05, 0.1) is 0 Å². The van der Waals surface area contributed by atoms with Gasteiger partial charge in [0, 0.05) is 23.8 Å². The molecule has 5 heteroatoms. The Morgan fingerprint density at radius 3 is 2.95 bits per heavy atom. The van der Waals surface area contributed by atoms with Crippen LogP contribution in [0.1, 0.15) is 21.6 Å². The zero-order chi connectivity index (χ0) is 14.1. The summed E-state index contributed by atoms with van der Waals surface area (Å²) in [7, 11) is 0. The Bertz CT molecular complexity index is 673. The van der Waals surface area contributed by atoms with E-state index in [-0.39, 0.29) is 11.7 Å². The summed E-state index contributed by atoms with van der Waals surface area (Å²) in [5.41, 5.74) is 2.61. The van der Waals surface area contributed by atoms with Crippen LogP contribution in [0.25, 0.3) is 0 Å². The monoisotopic (exact) mass is 332 g/mol. The predicted octanol–water partition coefficient (Wildman–Crippen LogP) is 2.75. The van der Waals surface area contributed by atoms with Gasteiger partial charge in [-0.25, -0.2) is 4.98 Å². The number of rotatable bonds is 1.